The molecule has 0 N–H and O–H groups in total. The first kappa shape index (κ1) is 28.1. The van der Waals surface area contributed by atoms with Gasteiger partial charge in [0.1, 0.15) is 17.3 Å². The van der Waals surface area contributed by atoms with Gasteiger partial charge in [-0.1, -0.05) is 45.9 Å². The fourth-order valence-electron chi connectivity index (χ4n) is 5.32. The van der Waals surface area contributed by atoms with Gasteiger partial charge in [0, 0.05) is 6.42 Å². The van der Waals surface area contributed by atoms with Crippen LogP contribution >= 0.6 is 0 Å². The molecule has 4 rings (SSSR count). The van der Waals surface area contributed by atoms with Gasteiger partial charge in [0.15, 0.2) is 0 Å². The van der Waals surface area contributed by atoms with Crippen LogP contribution in [0, 0.1) is 18.3 Å². The highest BCUT2D eigenvalue weighted by Gasteiger charge is 2.30. The fourth-order valence-corrected chi connectivity index (χ4v) is 5.32. The normalized spacial score (nSPS) is 13.3. The van der Waals surface area contributed by atoms with Crippen LogP contribution in [0.25, 0.3) is 16.6 Å². The predicted molar refractivity (Wildman–Crippen MR) is 154 cm³/mol. The summed E-state index contributed by atoms with van der Waals surface area (Å²) >= 11 is 0. The Kier molecular flexibility index (Phi) is 8.28. The minimum absolute atomic E-state index is 0.0131. The van der Waals surface area contributed by atoms with E-state index in [-0.39, 0.29) is 29.3 Å². The van der Waals surface area contributed by atoms with E-state index in [4.69, 9.17) is 14.1 Å². The lowest BCUT2D eigenvalue weighted by Gasteiger charge is -2.32. The first-order valence-corrected chi connectivity index (χ1v) is 13.5. The predicted octanol–water partition coefficient (Wildman–Crippen LogP) is 6.85. The molecule has 0 radical (unpaired) electrons. The van der Waals surface area contributed by atoms with Crippen molar-refractivity contribution in [2.45, 2.75) is 67.0 Å². The summed E-state index contributed by atoms with van der Waals surface area (Å²) in [5.41, 5.74) is 2.05. The van der Waals surface area contributed by atoms with Crippen molar-refractivity contribution in [3.05, 3.63) is 88.4 Å². The van der Waals surface area contributed by atoms with E-state index >= 15 is 0 Å². The average Bonchev–Trinajstić information content (AvgIpc) is 3.39. The third-order valence-corrected chi connectivity index (χ3v) is 6.93. The Bertz CT molecular complexity index is 1500. The summed E-state index contributed by atoms with van der Waals surface area (Å²) in [7, 11) is 1.58. The zero-order valence-electron chi connectivity index (χ0n) is 24.0. The SMILES string of the molecule is COc1ccc(C)cc1-n1c(C(C)N(Cc2ccco2)C(=O)CC(C)CC(C)(C)C)nc2ccccc2c1=O. The van der Waals surface area contributed by atoms with Crippen LogP contribution in [-0.4, -0.2) is 27.5 Å². The molecule has 0 saturated heterocycles. The number of carbonyl (C=O) groups excluding carboxylic acids is 1. The van der Waals surface area contributed by atoms with E-state index in [0.29, 0.717) is 40.3 Å². The summed E-state index contributed by atoms with van der Waals surface area (Å²) in [6.07, 6.45) is 2.90. The van der Waals surface area contributed by atoms with Crippen LogP contribution in [0.4, 0.5) is 0 Å². The molecule has 0 spiro atoms. The number of rotatable bonds is 9. The Morgan fingerprint density at radius 3 is 2.51 bits per heavy atom. The Balaban J connectivity index is 1.87. The molecule has 39 heavy (non-hydrogen) atoms. The second-order valence-corrected chi connectivity index (χ2v) is 11.7. The Labute approximate surface area is 230 Å². The van der Waals surface area contributed by atoms with Gasteiger partial charge in [-0.25, -0.2) is 4.98 Å². The highest BCUT2D eigenvalue weighted by Crippen LogP contribution is 2.31. The van der Waals surface area contributed by atoms with E-state index in [0.717, 1.165) is 12.0 Å². The number of carbonyl (C=O) groups is 1. The molecule has 2 atom stereocenters. The van der Waals surface area contributed by atoms with E-state index in [9.17, 15) is 9.59 Å². The number of hydrogen-bond acceptors (Lipinski definition) is 5. The van der Waals surface area contributed by atoms with Crippen LogP contribution in [0.15, 0.2) is 70.1 Å². The fraction of sp³-hybridized carbons (Fsp3) is 0.406. The first-order chi connectivity index (χ1) is 18.5. The van der Waals surface area contributed by atoms with Crippen LogP contribution in [-0.2, 0) is 11.3 Å². The summed E-state index contributed by atoms with van der Waals surface area (Å²) in [6, 6.07) is 16.1. The lowest BCUT2D eigenvalue weighted by atomic mass is 9.84. The van der Waals surface area contributed by atoms with Crippen molar-refractivity contribution >= 4 is 16.8 Å². The quantitative estimate of drug-likeness (QED) is 0.237. The second-order valence-electron chi connectivity index (χ2n) is 11.7. The minimum atomic E-state index is -0.535. The first-order valence-electron chi connectivity index (χ1n) is 13.5. The number of para-hydroxylation sites is 1. The van der Waals surface area contributed by atoms with Crippen molar-refractivity contribution in [1.82, 2.24) is 14.5 Å². The van der Waals surface area contributed by atoms with Gasteiger partial charge in [0.25, 0.3) is 5.56 Å². The average molecular weight is 530 g/mol. The number of amides is 1. The summed E-state index contributed by atoms with van der Waals surface area (Å²) < 4.78 is 12.9. The number of aryl methyl sites for hydroxylation is 1. The molecule has 7 nitrogen and oxygen atoms in total. The maximum atomic E-state index is 14.0. The summed E-state index contributed by atoms with van der Waals surface area (Å²) in [4.78, 5) is 34.7. The topological polar surface area (TPSA) is 77.6 Å². The third kappa shape index (κ3) is 6.41. The monoisotopic (exact) mass is 529 g/mol. The van der Waals surface area contributed by atoms with Crippen LogP contribution in [0.5, 0.6) is 5.75 Å². The maximum Gasteiger partial charge on any atom is 0.266 e. The number of methoxy groups -OCH3 is 1. The summed E-state index contributed by atoms with van der Waals surface area (Å²) in [5, 5.41) is 0.500. The Morgan fingerprint density at radius 2 is 1.85 bits per heavy atom. The van der Waals surface area contributed by atoms with E-state index in [1.807, 2.05) is 62.4 Å². The van der Waals surface area contributed by atoms with E-state index in [2.05, 4.69) is 27.7 Å². The zero-order valence-corrected chi connectivity index (χ0v) is 24.0. The second kappa shape index (κ2) is 11.5. The van der Waals surface area contributed by atoms with Gasteiger partial charge in [-0.3, -0.25) is 14.2 Å². The van der Waals surface area contributed by atoms with E-state index < -0.39 is 6.04 Å². The van der Waals surface area contributed by atoms with Crippen molar-refractivity contribution in [3.63, 3.8) is 0 Å². The number of benzene rings is 2. The van der Waals surface area contributed by atoms with Crippen molar-refractivity contribution in [1.29, 1.82) is 0 Å². The molecule has 2 aromatic carbocycles. The van der Waals surface area contributed by atoms with E-state index in [1.165, 1.54) is 0 Å². The Morgan fingerprint density at radius 1 is 1.10 bits per heavy atom. The van der Waals surface area contributed by atoms with Crippen molar-refractivity contribution < 1.29 is 13.9 Å². The minimum Gasteiger partial charge on any atom is -0.495 e. The van der Waals surface area contributed by atoms with Crippen LogP contribution in [0.2, 0.25) is 0 Å². The molecule has 0 bridgehead atoms. The van der Waals surface area contributed by atoms with Gasteiger partial charge in [0.05, 0.1) is 42.5 Å². The number of nitrogens with zero attached hydrogens (tertiary/aromatic N) is 3. The molecule has 0 fully saturated rings. The molecule has 206 valence electrons. The summed E-state index contributed by atoms with van der Waals surface area (Å²) in [6.45, 7) is 12.8. The molecule has 0 aliphatic heterocycles. The standard InChI is InChI=1S/C32H39N3O4/c1-21-14-15-28(38-7)27(17-21)35-30(33-26-13-9-8-12-25(26)31(35)37)23(3)34(20-24-11-10-16-39-24)29(36)18-22(2)19-32(4,5)6/h8-17,22-23H,18-20H2,1-7H3. The zero-order chi connectivity index (χ0) is 28.3. The molecule has 4 aromatic rings. The number of fused-ring (bicyclic) bond motifs is 1. The highest BCUT2D eigenvalue weighted by atomic mass is 16.5. The molecule has 2 unspecified atom stereocenters. The molecule has 0 saturated carbocycles. The lowest BCUT2D eigenvalue weighted by Crippen LogP contribution is -2.38. The molecule has 2 aromatic heterocycles. The molecular formula is C32H39N3O4. The smallest absolute Gasteiger partial charge is 0.266 e. The largest absolute Gasteiger partial charge is 0.495 e. The maximum absolute atomic E-state index is 14.0. The van der Waals surface area contributed by atoms with Crippen LogP contribution in [0.1, 0.15) is 70.7 Å². The summed E-state index contributed by atoms with van der Waals surface area (Å²) in [5.74, 6) is 1.86. The number of aromatic nitrogens is 2. The third-order valence-electron chi connectivity index (χ3n) is 6.93. The molecule has 2 heterocycles. The van der Waals surface area contributed by atoms with E-state index in [1.54, 1.807) is 28.9 Å². The molecule has 7 heteroatoms. The Hall–Kier alpha value is -3.87. The van der Waals surface area contributed by atoms with Gasteiger partial charge in [0.2, 0.25) is 5.91 Å². The molecule has 0 aliphatic carbocycles. The highest BCUT2D eigenvalue weighted by molar-refractivity contribution is 5.79. The van der Waals surface area contributed by atoms with Gasteiger partial charge in [-0.15, -0.1) is 0 Å². The van der Waals surface area contributed by atoms with Gasteiger partial charge >= 0.3 is 0 Å². The molecular weight excluding hydrogens is 490 g/mol. The molecule has 1 amide bonds. The lowest BCUT2D eigenvalue weighted by molar-refractivity contribution is -0.135. The van der Waals surface area contributed by atoms with Crippen LogP contribution in [0.3, 0.4) is 0 Å². The molecule has 0 aliphatic rings. The van der Waals surface area contributed by atoms with Gasteiger partial charge in [-0.2, -0.15) is 0 Å². The number of hydrogen-bond donors (Lipinski definition) is 0. The number of furan rings is 1. The number of ether oxygens (including phenoxy) is 1. The van der Waals surface area contributed by atoms with Crippen molar-refractivity contribution in [2.75, 3.05) is 7.11 Å². The van der Waals surface area contributed by atoms with Crippen molar-refractivity contribution in [2.24, 2.45) is 11.3 Å². The van der Waals surface area contributed by atoms with Crippen molar-refractivity contribution in [3.8, 4) is 11.4 Å². The van der Waals surface area contributed by atoms with Crippen LogP contribution < -0.4 is 10.3 Å². The van der Waals surface area contributed by atoms with Gasteiger partial charge in [-0.05, 0) is 73.6 Å². The van der Waals surface area contributed by atoms with Gasteiger partial charge < -0.3 is 14.1 Å².